The summed E-state index contributed by atoms with van der Waals surface area (Å²) < 4.78 is 32.4. The maximum Gasteiger partial charge on any atom is 0.267 e. The van der Waals surface area contributed by atoms with E-state index in [1.54, 1.807) is 6.08 Å². The van der Waals surface area contributed by atoms with Gasteiger partial charge in [-0.25, -0.2) is 0 Å². The standard InChI is InChI=1S/C38H75NO5S/c1-3-5-7-9-11-13-15-17-19-21-23-25-27-29-31-33-37(40)36(35-45(42,43)44)39-38(41)34-32-30-28-26-24-22-20-18-16-14-12-10-8-6-4-2/h31,33,36-37,40H,3-30,32,34-35H2,1-2H3,(H,39,41)(H,42,43,44)/b33-31+. The molecule has 0 heterocycles. The van der Waals surface area contributed by atoms with Gasteiger partial charge >= 0.3 is 0 Å². The molecule has 0 saturated heterocycles. The highest BCUT2D eigenvalue weighted by atomic mass is 32.2. The van der Waals surface area contributed by atoms with Crippen LogP contribution >= 0.6 is 0 Å². The molecule has 0 bridgehead atoms. The Balaban J connectivity index is 3.93. The molecule has 0 aliphatic rings. The van der Waals surface area contributed by atoms with E-state index in [9.17, 15) is 22.9 Å². The van der Waals surface area contributed by atoms with E-state index in [1.807, 2.05) is 6.08 Å². The summed E-state index contributed by atoms with van der Waals surface area (Å²) in [6.45, 7) is 4.52. The van der Waals surface area contributed by atoms with Gasteiger partial charge in [0, 0.05) is 6.42 Å². The number of aliphatic hydroxyl groups excluding tert-OH is 1. The molecule has 0 spiro atoms. The molecule has 0 aliphatic heterocycles. The van der Waals surface area contributed by atoms with E-state index >= 15 is 0 Å². The Morgan fingerprint density at radius 3 is 1.27 bits per heavy atom. The summed E-state index contributed by atoms with van der Waals surface area (Å²) in [5.41, 5.74) is 0. The van der Waals surface area contributed by atoms with Crippen molar-refractivity contribution in [3.8, 4) is 0 Å². The summed E-state index contributed by atoms with van der Waals surface area (Å²) in [4.78, 5) is 12.5. The van der Waals surface area contributed by atoms with E-state index < -0.39 is 28.0 Å². The molecular formula is C38H75NO5S. The van der Waals surface area contributed by atoms with Gasteiger partial charge in [-0.3, -0.25) is 9.35 Å². The van der Waals surface area contributed by atoms with Crippen LogP contribution in [0.1, 0.15) is 206 Å². The van der Waals surface area contributed by atoms with E-state index in [0.29, 0.717) is 6.42 Å². The summed E-state index contributed by atoms with van der Waals surface area (Å²) in [5.74, 6) is -0.968. The Morgan fingerprint density at radius 2 is 0.911 bits per heavy atom. The highest BCUT2D eigenvalue weighted by Gasteiger charge is 2.24. The van der Waals surface area contributed by atoms with Crippen molar-refractivity contribution in [2.45, 2.75) is 219 Å². The minimum atomic E-state index is -4.33. The van der Waals surface area contributed by atoms with E-state index in [1.165, 1.54) is 148 Å². The highest BCUT2D eigenvalue weighted by molar-refractivity contribution is 7.85. The Labute approximate surface area is 280 Å². The molecule has 6 nitrogen and oxygen atoms in total. The predicted molar refractivity (Wildman–Crippen MR) is 193 cm³/mol. The lowest BCUT2D eigenvalue weighted by molar-refractivity contribution is -0.122. The molecule has 2 unspecified atom stereocenters. The molecule has 2 atom stereocenters. The van der Waals surface area contributed by atoms with E-state index in [0.717, 1.165) is 38.5 Å². The second-order valence-corrected chi connectivity index (χ2v) is 15.1. The predicted octanol–water partition coefficient (Wildman–Crippen LogP) is 11.0. The first kappa shape index (κ1) is 44.1. The normalized spacial score (nSPS) is 13.4. The number of rotatable bonds is 35. The van der Waals surface area contributed by atoms with Crippen LogP contribution < -0.4 is 5.32 Å². The molecule has 3 N–H and O–H groups in total. The molecule has 0 saturated carbocycles. The quantitative estimate of drug-likeness (QED) is 0.0357. The number of carbonyl (C=O) groups is 1. The lowest BCUT2D eigenvalue weighted by Crippen LogP contribution is -2.46. The maximum absolute atomic E-state index is 12.5. The molecule has 0 aromatic heterocycles. The van der Waals surface area contributed by atoms with Crippen LogP contribution in [0.4, 0.5) is 0 Å². The van der Waals surface area contributed by atoms with Gasteiger partial charge in [-0.2, -0.15) is 8.42 Å². The van der Waals surface area contributed by atoms with Gasteiger partial charge in [-0.05, 0) is 19.3 Å². The van der Waals surface area contributed by atoms with Gasteiger partial charge in [0.05, 0.1) is 17.9 Å². The van der Waals surface area contributed by atoms with Gasteiger partial charge in [0.15, 0.2) is 0 Å². The van der Waals surface area contributed by atoms with Gasteiger partial charge in [0.25, 0.3) is 10.1 Å². The summed E-state index contributed by atoms with van der Waals surface area (Å²) in [6.07, 6.45) is 39.0. The number of hydrogen-bond donors (Lipinski definition) is 3. The van der Waals surface area contributed by atoms with Crippen LogP contribution in [0.3, 0.4) is 0 Å². The third kappa shape index (κ3) is 34.2. The maximum atomic E-state index is 12.5. The average molecular weight is 658 g/mol. The van der Waals surface area contributed by atoms with E-state index in [4.69, 9.17) is 0 Å². The monoisotopic (exact) mass is 658 g/mol. The molecule has 45 heavy (non-hydrogen) atoms. The van der Waals surface area contributed by atoms with Crippen molar-refractivity contribution < 1.29 is 22.9 Å². The Morgan fingerprint density at radius 1 is 0.578 bits per heavy atom. The number of allylic oxidation sites excluding steroid dienone is 1. The third-order valence-electron chi connectivity index (χ3n) is 8.96. The van der Waals surface area contributed by atoms with Crippen LogP contribution in [-0.2, 0) is 14.9 Å². The lowest BCUT2D eigenvalue weighted by Gasteiger charge is -2.21. The van der Waals surface area contributed by atoms with Crippen molar-refractivity contribution in [3.63, 3.8) is 0 Å². The Hall–Kier alpha value is -0.920. The SMILES string of the molecule is CCCCCCCCCCCCCCC/C=C/C(O)C(CS(=O)(=O)O)NC(=O)CCCCCCCCCCCCCCCCC. The second-order valence-electron chi connectivity index (χ2n) is 13.6. The fraction of sp³-hybridized carbons (Fsp3) is 0.921. The summed E-state index contributed by atoms with van der Waals surface area (Å²) in [7, 11) is -4.33. The minimum Gasteiger partial charge on any atom is -0.387 e. The number of hydrogen-bond acceptors (Lipinski definition) is 4. The Bertz CT molecular complexity index is 770. The molecule has 0 aliphatic carbocycles. The zero-order valence-electron chi connectivity index (χ0n) is 29.8. The number of amides is 1. The number of unbranched alkanes of at least 4 members (excludes halogenated alkanes) is 27. The summed E-state index contributed by atoms with van der Waals surface area (Å²) in [6, 6.07) is -1.05. The third-order valence-corrected chi connectivity index (χ3v) is 9.74. The van der Waals surface area contributed by atoms with Gasteiger partial charge in [-0.1, -0.05) is 193 Å². The highest BCUT2D eigenvalue weighted by Crippen LogP contribution is 2.15. The number of nitrogens with one attached hydrogen (secondary N) is 1. The van der Waals surface area contributed by atoms with Gasteiger partial charge in [0.1, 0.15) is 0 Å². The van der Waals surface area contributed by atoms with Gasteiger partial charge in [0.2, 0.25) is 5.91 Å². The average Bonchev–Trinajstić information content (AvgIpc) is 3.00. The van der Waals surface area contributed by atoms with Crippen LogP contribution in [0.2, 0.25) is 0 Å². The molecule has 0 radical (unpaired) electrons. The topological polar surface area (TPSA) is 104 Å². The zero-order chi connectivity index (χ0) is 33.3. The molecule has 268 valence electrons. The first-order valence-corrected chi connectivity index (χ1v) is 21.0. The van der Waals surface area contributed by atoms with Crippen molar-refractivity contribution in [3.05, 3.63) is 12.2 Å². The molecule has 0 aromatic rings. The van der Waals surface area contributed by atoms with Crippen LogP contribution in [0, 0.1) is 0 Å². The molecular weight excluding hydrogens is 582 g/mol. The van der Waals surface area contributed by atoms with Crippen molar-refractivity contribution in [2.24, 2.45) is 0 Å². The smallest absolute Gasteiger partial charge is 0.267 e. The zero-order valence-corrected chi connectivity index (χ0v) is 30.6. The van der Waals surface area contributed by atoms with Crippen LogP contribution in [0.25, 0.3) is 0 Å². The van der Waals surface area contributed by atoms with E-state index in [-0.39, 0.29) is 5.91 Å². The van der Waals surface area contributed by atoms with Gasteiger partial charge in [-0.15, -0.1) is 0 Å². The lowest BCUT2D eigenvalue weighted by atomic mass is 10.0. The van der Waals surface area contributed by atoms with Crippen molar-refractivity contribution in [2.75, 3.05) is 5.75 Å². The summed E-state index contributed by atoms with van der Waals surface area (Å²) in [5, 5.41) is 13.2. The number of carbonyl (C=O) groups excluding carboxylic acids is 1. The minimum absolute atomic E-state index is 0.276. The first-order chi connectivity index (χ1) is 21.8. The fourth-order valence-electron chi connectivity index (χ4n) is 6.04. The van der Waals surface area contributed by atoms with E-state index in [2.05, 4.69) is 19.2 Å². The second kappa shape index (κ2) is 33.0. The van der Waals surface area contributed by atoms with Crippen LogP contribution in [0.15, 0.2) is 12.2 Å². The number of aliphatic hydroxyl groups is 1. The van der Waals surface area contributed by atoms with Crippen LogP contribution in [0.5, 0.6) is 0 Å². The molecule has 1 amide bonds. The molecule has 0 aromatic carbocycles. The Kier molecular flexibility index (Phi) is 32.3. The largest absolute Gasteiger partial charge is 0.387 e. The fourth-order valence-corrected chi connectivity index (χ4v) is 6.77. The van der Waals surface area contributed by atoms with Crippen molar-refractivity contribution >= 4 is 16.0 Å². The first-order valence-electron chi connectivity index (χ1n) is 19.4. The van der Waals surface area contributed by atoms with Crippen molar-refractivity contribution in [1.82, 2.24) is 5.32 Å². The molecule has 0 rings (SSSR count). The molecule has 0 fully saturated rings. The summed E-state index contributed by atoms with van der Waals surface area (Å²) >= 11 is 0. The van der Waals surface area contributed by atoms with Crippen LogP contribution in [-0.4, -0.2) is 41.9 Å². The van der Waals surface area contributed by atoms with Gasteiger partial charge < -0.3 is 10.4 Å². The molecule has 7 heteroatoms. The van der Waals surface area contributed by atoms with Crippen molar-refractivity contribution in [1.29, 1.82) is 0 Å².